The predicted octanol–water partition coefficient (Wildman–Crippen LogP) is 2.63. The molecule has 2 rings (SSSR count). The molecule has 1 saturated carbocycles. The van der Waals surface area contributed by atoms with Crippen LogP contribution >= 0.6 is 0 Å². The largest absolute Gasteiger partial charge is 0.444 e. The van der Waals surface area contributed by atoms with E-state index in [0.717, 1.165) is 38.5 Å². The van der Waals surface area contributed by atoms with Crippen LogP contribution < -0.4 is 5.32 Å². The fraction of sp³-hybridized carbons (Fsp3) is 0.933. The second kappa shape index (κ2) is 6.12. The molecular formula is C15H28N2O2. The summed E-state index contributed by atoms with van der Waals surface area (Å²) in [7, 11) is 0. The van der Waals surface area contributed by atoms with E-state index in [1.807, 2.05) is 25.7 Å². The zero-order valence-electron chi connectivity index (χ0n) is 12.6. The van der Waals surface area contributed by atoms with Crippen LogP contribution in [0.3, 0.4) is 0 Å². The SMILES string of the molecule is CC(C)(C)OC(=O)N1CCC(CNCC2CCC2)C1. The average molecular weight is 268 g/mol. The normalized spacial score (nSPS) is 24.4. The van der Waals surface area contributed by atoms with Crippen molar-refractivity contribution in [2.24, 2.45) is 11.8 Å². The molecule has 1 aliphatic carbocycles. The third-order valence-electron chi connectivity index (χ3n) is 4.03. The molecule has 0 aromatic rings. The fourth-order valence-corrected chi connectivity index (χ4v) is 2.68. The van der Waals surface area contributed by atoms with E-state index in [1.165, 1.54) is 19.3 Å². The van der Waals surface area contributed by atoms with Gasteiger partial charge in [-0.1, -0.05) is 6.42 Å². The van der Waals surface area contributed by atoms with E-state index in [2.05, 4.69) is 5.32 Å². The molecule has 1 amide bonds. The number of nitrogens with zero attached hydrogens (tertiary/aromatic N) is 1. The van der Waals surface area contributed by atoms with Gasteiger partial charge in [-0.05, 0) is 65.0 Å². The monoisotopic (exact) mass is 268 g/mol. The molecule has 4 heteroatoms. The van der Waals surface area contributed by atoms with Crippen LogP contribution in [0.15, 0.2) is 0 Å². The molecule has 4 nitrogen and oxygen atoms in total. The Bertz CT molecular complexity index is 308. The zero-order valence-corrected chi connectivity index (χ0v) is 12.6. The van der Waals surface area contributed by atoms with Crippen molar-refractivity contribution in [2.75, 3.05) is 26.2 Å². The van der Waals surface area contributed by atoms with Crippen LogP contribution in [0.2, 0.25) is 0 Å². The maximum atomic E-state index is 11.9. The van der Waals surface area contributed by atoms with Crippen LogP contribution in [0.25, 0.3) is 0 Å². The van der Waals surface area contributed by atoms with Gasteiger partial charge in [0.05, 0.1) is 0 Å². The lowest BCUT2D eigenvalue weighted by atomic mass is 9.85. The van der Waals surface area contributed by atoms with Gasteiger partial charge in [0.15, 0.2) is 0 Å². The Morgan fingerprint density at radius 3 is 2.47 bits per heavy atom. The van der Waals surface area contributed by atoms with Crippen molar-refractivity contribution in [3.8, 4) is 0 Å². The standard InChI is InChI=1S/C15H28N2O2/c1-15(2,3)19-14(18)17-8-7-13(11-17)10-16-9-12-5-4-6-12/h12-13,16H,4-11H2,1-3H3. The fourth-order valence-electron chi connectivity index (χ4n) is 2.68. The highest BCUT2D eigenvalue weighted by molar-refractivity contribution is 5.68. The Morgan fingerprint density at radius 1 is 1.21 bits per heavy atom. The summed E-state index contributed by atoms with van der Waals surface area (Å²) in [5.74, 6) is 1.50. The van der Waals surface area contributed by atoms with E-state index in [1.54, 1.807) is 0 Å². The smallest absolute Gasteiger partial charge is 0.410 e. The van der Waals surface area contributed by atoms with E-state index < -0.39 is 5.60 Å². The molecule has 0 aromatic heterocycles. The Morgan fingerprint density at radius 2 is 1.89 bits per heavy atom. The van der Waals surface area contributed by atoms with Gasteiger partial charge in [-0.15, -0.1) is 0 Å². The maximum Gasteiger partial charge on any atom is 0.410 e. The van der Waals surface area contributed by atoms with Gasteiger partial charge < -0.3 is 15.0 Å². The van der Waals surface area contributed by atoms with E-state index in [4.69, 9.17) is 4.74 Å². The van der Waals surface area contributed by atoms with Crippen LogP contribution in [0.4, 0.5) is 4.79 Å². The number of amides is 1. The molecular weight excluding hydrogens is 240 g/mol. The molecule has 1 N–H and O–H groups in total. The number of rotatable bonds is 4. The molecule has 1 heterocycles. The molecule has 2 aliphatic rings. The third kappa shape index (κ3) is 4.68. The van der Waals surface area contributed by atoms with Gasteiger partial charge in [-0.3, -0.25) is 0 Å². The first-order valence-corrected chi connectivity index (χ1v) is 7.63. The highest BCUT2D eigenvalue weighted by Crippen LogP contribution is 2.25. The summed E-state index contributed by atoms with van der Waals surface area (Å²) >= 11 is 0. The number of hydrogen-bond donors (Lipinski definition) is 1. The first kappa shape index (κ1) is 14.6. The van der Waals surface area contributed by atoms with Crippen molar-refractivity contribution < 1.29 is 9.53 Å². The Balaban J connectivity index is 1.63. The lowest BCUT2D eigenvalue weighted by molar-refractivity contribution is 0.0288. The summed E-state index contributed by atoms with van der Waals surface area (Å²) in [6.07, 6.45) is 5.12. The molecule has 110 valence electrons. The van der Waals surface area contributed by atoms with E-state index in [-0.39, 0.29) is 6.09 Å². The Kier molecular flexibility index (Phi) is 4.71. The molecule has 0 aromatic carbocycles. The summed E-state index contributed by atoms with van der Waals surface area (Å²) in [6.45, 7) is 9.62. The number of carbonyl (C=O) groups excluding carboxylic acids is 1. The van der Waals surface area contributed by atoms with Crippen molar-refractivity contribution in [1.29, 1.82) is 0 Å². The van der Waals surface area contributed by atoms with Gasteiger partial charge in [0.1, 0.15) is 5.60 Å². The summed E-state index contributed by atoms with van der Waals surface area (Å²) < 4.78 is 5.41. The van der Waals surface area contributed by atoms with Crippen LogP contribution in [-0.2, 0) is 4.74 Å². The van der Waals surface area contributed by atoms with Crippen LogP contribution in [0.5, 0.6) is 0 Å². The van der Waals surface area contributed by atoms with Gasteiger partial charge in [-0.2, -0.15) is 0 Å². The first-order chi connectivity index (χ1) is 8.94. The van der Waals surface area contributed by atoms with Crippen molar-refractivity contribution >= 4 is 6.09 Å². The number of nitrogens with one attached hydrogen (secondary N) is 1. The zero-order chi connectivity index (χ0) is 13.9. The van der Waals surface area contributed by atoms with Gasteiger partial charge in [0.25, 0.3) is 0 Å². The lowest BCUT2D eigenvalue weighted by Crippen LogP contribution is -2.36. The molecule has 19 heavy (non-hydrogen) atoms. The maximum absolute atomic E-state index is 11.9. The van der Waals surface area contributed by atoms with Gasteiger partial charge in [0.2, 0.25) is 0 Å². The number of likely N-dealkylation sites (tertiary alicyclic amines) is 1. The van der Waals surface area contributed by atoms with Crippen LogP contribution in [0.1, 0.15) is 46.5 Å². The van der Waals surface area contributed by atoms with Crippen molar-refractivity contribution in [2.45, 2.75) is 52.1 Å². The molecule has 0 bridgehead atoms. The lowest BCUT2D eigenvalue weighted by Gasteiger charge is -2.26. The number of hydrogen-bond acceptors (Lipinski definition) is 3. The van der Waals surface area contributed by atoms with E-state index in [9.17, 15) is 4.79 Å². The summed E-state index contributed by atoms with van der Waals surface area (Å²) in [6, 6.07) is 0. The van der Waals surface area contributed by atoms with Crippen molar-refractivity contribution in [3.63, 3.8) is 0 Å². The minimum Gasteiger partial charge on any atom is -0.444 e. The minimum absolute atomic E-state index is 0.158. The molecule has 1 unspecified atom stereocenters. The molecule has 0 radical (unpaired) electrons. The second-order valence-electron chi connectivity index (χ2n) is 7.04. The minimum atomic E-state index is -0.391. The van der Waals surface area contributed by atoms with Crippen LogP contribution in [0, 0.1) is 11.8 Å². The summed E-state index contributed by atoms with van der Waals surface area (Å²) in [5, 5.41) is 3.56. The number of ether oxygens (including phenoxy) is 1. The molecule has 1 aliphatic heterocycles. The highest BCUT2D eigenvalue weighted by atomic mass is 16.6. The van der Waals surface area contributed by atoms with Crippen LogP contribution in [-0.4, -0.2) is 42.8 Å². The van der Waals surface area contributed by atoms with E-state index >= 15 is 0 Å². The Labute approximate surface area is 116 Å². The van der Waals surface area contributed by atoms with Crippen molar-refractivity contribution in [3.05, 3.63) is 0 Å². The Hall–Kier alpha value is -0.770. The van der Waals surface area contributed by atoms with Gasteiger partial charge in [0, 0.05) is 13.1 Å². The predicted molar refractivity (Wildman–Crippen MR) is 76.1 cm³/mol. The number of carbonyl (C=O) groups is 1. The average Bonchev–Trinajstić information content (AvgIpc) is 2.68. The van der Waals surface area contributed by atoms with Gasteiger partial charge >= 0.3 is 6.09 Å². The first-order valence-electron chi connectivity index (χ1n) is 7.63. The molecule has 0 spiro atoms. The van der Waals surface area contributed by atoms with E-state index in [0.29, 0.717) is 5.92 Å². The highest BCUT2D eigenvalue weighted by Gasteiger charge is 2.29. The third-order valence-corrected chi connectivity index (χ3v) is 4.03. The topological polar surface area (TPSA) is 41.6 Å². The quantitative estimate of drug-likeness (QED) is 0.852. The van der Waals surface area contributed by atoms with Crippen molar-refractivity contribution in [1.82, 2.24) is 10.2 Å². The summed E-state index contributed by atoms with van der Waals surface area (Å²) in [5.41, 5.74) is -0.391. The van der Waals surface area contributed by atoms with Gasteiger partial charge in [-0.25, -0.2) is 4.79 Å². The molecule has 1 atom stereocenters. The second-order valence-corrected chi connectivity index (χ2v) is 7.04. The molecule has 1 saturated heterocycles. The summed E-state index contributed by atoms with van der Waals surface area (Å²) in [4.78, 5) is 13.8. The molecule has 2 fully saturated rings.